The van der Waals surface area contributed by atoms with Crippen molar-refractivity contribution < 1.29 is 9.53 Å². The predicted molar refractivity (Wildman–Crippen MR) is 118 cm³/mol. The van der Waals surface area contributed by atoms with Crippen molar-refractivity contribution >= 4 is 34.5 Å². The highest BCUT2D eigenvalue weighted by Crippen LogP contribution is 2.33. The Morgan fingerprint density at radius 1 is 1.07 bits per heavy atom. The number of halogens is 1. The second-order valence-corrected chi connectivity index (χ2v) is 8.47. The first-order valence-electron chi connectivity index (χ1n) is 9.48. The molecule has 7 heteroatoms. The van der Waals surface area contributed by atoms with E-state index < -0.39 is 0 Å². The summed E-state index contributed by atoms with van der Waals surface area (Å²) in [6, 6.07) is 15.6. The topological polar surface area (TPSA) is 45.7 Å². The molecule has 0 unspecified atom stereocenters. The van der Waals surface area contributed by atoms with Crippen LogP contribution in [0.15, 0.2) is 48.5 Å². The van der Waals surface area contributed by atoms with E-state index in [-0.39, 0.29) is 5.91 Å². The van der Waals surface area contributed by atoms with Gasteiger partial charge in [0.1, 0.15) is 16.5 Å². The van der Waals surface area contributed by atoms with Crippen LogP contribution in [0, 0.1) is 6.92 Å². The summed E-state index contributed by atoms with van der Waals surface area (Å²) in [4.78, 5) is 22.8. The smallest absolute Gasteiger partial charge is 0.273 e. The minimum atomic E-state index is -0.0169. The summed E-state index contributed by atoms with van der Waals surface area (Å²) in [6.45, 7) is 4.75. The van der Waals surface area contributed by atoms with Crippen molar-refractivity contribution in [2.24, 2.45) is 0 Å². The quantitative estimate of drug-likeness (QED) is 0.603. The number of nitrogens with zero attached hydrogens (tertiary/aromatic N) is 3. The van der Waals surface area contributed by atoms with E-state index in [1.807, 2.05) is 54.3 Å². The first kappa shape index (κ1) is 19.7. The van der Waals surface area contributed by atoms with Crippen LogP contribution in [0.4, 0.5) is 5.69 Å². The Labute approximate surface area is 179 Å². The predicted octanol–water partition coefficient (Wildman–Crippen LogP) is 4.74. The maximum atomic E-state index is 13.1. The van der Waals surface area contributed by atoms with E-state index in [2.05, 4.69) is 16.0 Å². The minimum Gasteiger partial charge on any atom is -0.495 e. The Morgan fingerprint density at radius 2 is 1.76 bits per heavy atom. The number of carbonyl (C=O) groups is 1. The number of benzene rings is 2. The third-order valence-corrected chi connectivity index (χ3v) is 6.43. The fourth-order valence-corrected chi connectivity index (χ4v) is 4.76. The first-order valence-corrected chi connectivity index (χ1v) is 10.7. The lowest BCUT2D eigenvalue weighted by molar-refractivity contribution is 0.0741. The standard InChI is InChI=1S/C22H22ClN3O2S/c1-15-20(24-21(29-15)16-7-3-4-8-17(16)23)22(27)26-13-11-25(12-14-26)18-9-5-6-10-19(18)28-2/h3-10H,11-14H2,1-2H3. The van der Waals surface area contributed by atoms with Gasteiger partial charge in [-0.3, -0.25) is 4.79 Å². The minimum absolute atomic E-state index is 0.0169. The second kappa shape index (κ2) is 8.43. The Hall–Kier alpha value is -2.57. The average Bonchev–Trinajstić information content (AvgIpc) is 3.15. The van der Waals surface area contributed by atoms with Gasteiger partial charge in [-0.25, -0.2) is 4.98 Å². The summed E-state index contributed by atoms with van der Waals surface area (Å²) < 4.78 is 5.47. The van der Waals surface area contributed by atoms with Crippen LogP contribution in [-0.4, -0.2) is 49.1 Å². The molecule has 0 N–H and O–H groups in total. The Bertz CT molecular complexity index is 1030. The molecule has 1 saturated heterocycles. The second-order valence-electron chi connectivity index (χ2n) is 6.85. The number of piperazine rings is 1. The van der Waals surface area contributed by atoms with Crippen molar-refractivity contribution in [1.82, 2.24) is 9.88 Å². The number of methoxy groups -OCH3 is 1. The van der Waals surface area contributed by atoms with Gasteiger partial charge < -0.3 is 14.5 Å². The number of anilines is 1. The zero-order chi connectivity index (χ0) is 20.4. The summed E-state index contributed by atoms with van der Waals surface area (Å²) in [5.41, 5.74) is 2.45. The number of aromatic nitrogens is 1. The van der Waals surface area contributed by atoms with Crippen molar-refractivity contribution in [3.63, 3.8) is 0 Å². The van der Waals surface area contributed by atoms with E-state index in [1.54, 1.807) is 7.11 Å². The molecule has 29 heavy (non-hydrogen) atoms. The number of hydrogen-bond donors (Lipinski definition) is 0. The molecule has 3 aromatic rings. The molecule has 1 aliphatic heterocycles. The molecule has 1 aromatic heterocycles. The van der Waals surface area contributed by atoms with Gasteiger partial charge in [-0.1, -0.05) is 41.9 Å². The van der Waals surface area contributed by atoms with Crippen LogP contribution >= 0.6 is 22.9 Å². The molecule has 0 spiro atoms. The van der Waals surface area contributed by atoms with E-state index in [0.29, 0.717) is 23.8 Å². The molecule has 150 valence electrons. The molecule has 2 heterocycles. The molecule has 0 atom stereocenters. The van der Waals surface area contributed by atoms with Crippen LogP contribution < -0.4 is 9.64 Å². The molecular weight excluding hydrogens is 406 g/mol. The van der Waals surface area contributed by atoms with Crippen molar-refractivity contribution in [1.29, 1.82) is 0 Å². The van der Waals surface area contributed by atoms with Gasteiger partial charge in [0.05, 0.1) is 17.8 Å². The van der Waals surface area contributed by atoms with Crippen LogP contribution in [-0.2, 0) is 0 Å². The number of amides is 1. The maximum absolute atomic E-state index is 13.1. The van der Waals surface area contributed by atoms with Gasteiger partial charge in [-0.2, -0.15) is 0 Å². The van der Waals surface area contributed by atoms with Crippen molar-refractivity contribution in [3.05, 3.63) is 64.1 Å². The van der Waals surface area contributed by atoms with E-state index >= 15 is 0 Å². The maximum Gasteiger partial charge on any atom is 0.273 e. The van der Waals surface area contributed by atoms with E-state index in [1.165, 1.54) is 11.3 Å². The highest BCUT2D eigenvalue weighted by Gasteiger charge is 2.27. The highest BCUT2D eigenvalue weighted by molar-refractivity contribution is 7.15. The van der Waals surface area contributed by atoms with Crippen LogP contribution in [0.3, 0.4) is 0 Å². The fourth-order valence-electron chi connectivity index (χ4n) is 3.54. The average molecular weight is 428 g/mol. The zero-order valence-electron chi connectivity index (χ0n) is 16.4. The highest BCUT2D eigenvalue weighted by atomic mass is 35.5. The van der Waals surface area contributed by atoms with Crippen LogP contribution in [0.5, 0.6) is 5.75 Å². The van der Waals surface area contributed by atoms with Crippen molar-refractivity contribution in [3.8, 4) is 16.3 Å². The number of thiazole rings is 1. The van der Waals surface area contributed by atoms with Crippen molar-refractivity contribution in [2.75, 3.05) is 38.2 Å². The summed E-state index contributed by atoms with van der Waals surface area (Å²) in [6.07, 6.45) is 0. The number of hydrogen-bond acceptors (Lipinski definition) is 5. The van der Waals surface area contributed by atoms with E-state index in [4.69, 9.17) is 16.3 Å². The monoisotopic (exact) mass is 427 g/mol. The van der Waals surface area contributed by atoms with E-state index in [9.17, 15) is 4.79 Å². The third kappa shape index (κ3) is 3.95. The van der Waals surface area contributed by atoms with Crippen LogP contribution in [0.2, 0.25) is 5.02 Å². The van der Waals surface area contributed by atoms with Gasteiger partial charge in [0.25, 0.3) is 5.91 Å². The zero-order valence-corrected chi connectivity index (χ0v) is 18.0. The van der Waals surface area contributed by atoms with Gasteiger partial charge in [0.2, 0.25) is 0 Å². The molecule has 4 rings (SSSR count). The largest absolute Gasteiger partial charge is 0.495 e. The lowest BCUT2D eigenvalue weighted by atomic mass is 10.2. The third-order valence-electron chi connectivity index (χ3n) is 5.10. The molecule has 1 fully saturated rings. The molecule has 1 amide bonds. The van der Waals surface area contributed by atoms with E-state index in [0.717, 1.165) is 40.0 Å². The molecule has 1 aliphatic rings. The summed E-state index contributed by atoms with van der Waals surface area (Å²) >= 11 is 7.81. The van der Waals surface area contributed by atoms with Gasteiger partial charge in [0, 0.05) is 36.6 Å². The lowest BCUT2D eigenvalue weighted by Gasteiger charge is -2.36. The van der Waals surface area contributed by atoms with Gasteiger partial charge in [-0.05, 0) is 25.1 Å². The molecule has 0 saturated carbocycles. The van der Waals surface area contributed by atoms with Crippen LogP contribution in [0.25, 0.3) is 10.6 Å². The molecule has 0 radical (unpaired) electrons. The number of ether oxygens (including phenoxy) is 1. The van der Waals surface area contributed by atoms with Gasteiger partial charge in [-0.15, -0.1) is 11.3 Å². The van der Waals surface area contributed by atoms with Gasteiger partial charge >= 0.3 is 0 Å². The number of rotatable bonds is 4. The van der Waals surface area contributed by atoms with Crippen molar-refractivity contribution in [2.45, 2.75) is 6.92 Å². The summed E-state index contributed by atoms with van der Waals surface area (Å²) in [5, 5.41) is 1.43. The number of para-hydroxylation sites is 2. The molecule has 5 nitrogen and oxygen atoms in total. The Balaban J connectivity index is 1.49. The molecule has 2 aromatic carbocycles. The SMILES string of the molecule is COc1ccccc1N1CCN(C(=O)c2nc(-c3ccccc3Cl)sc2C)CC1. The first-order chi connectivity index (χ1) is 14.1. The summed E-state index contributed by atoms with van der Waals surface area (Å²) in [7, 11) is 1.68. The number of aryl methyl sites for hydroxylation is 1. The fraction of sp³-hybridized carbons (Fsp3) is 0.273. The normalized spacial score (nSPS) is 14.2. The molecule has 0 bridgehead atoms. The molecular formula is C22H22ClN3O2S. The van der Waals surface area contributed by atoms with Crippen LogP contribution in [0.1, 0.15) is 15.4 Å². The number of carbonyl (C=O) groups excluding carboxylic acids is 1. The molecule has 0 aliphatic carbocycles. The summed E-state index contributed by atoms with van der Waals surface area (Å²) in [5.74, 6) is 0.837. The lowest BCUT2D eigenvalue weighted by Crippen LogP contribution is -2.49. The van der Waals surface area contributed by atoms with Gasteiger partial charge in [0.15, 0.2) is 0 Å². The Kier molecular flexibility index (Phi) is 5.74. The Morgan fingerprint density at radius 3 is 2.48 bits per heavy atom.